The number of hydrogen-bond donors (Lipinski definition) is 2. The van der Waals surface area contributed by atoms with Crippen LogP contribution in [0.25, 0.3) is 0 Å². The number of nitrogens with one attached hydrogen (secondary N) is 1. The van der Waals surface area contributed by atoms with Gasteiger partial charge in [0.15, 0.2) is 0 Å². The maximum Gasteiger partial charge on any atom is 0.303 e. The van der Waals surface area contributed by atoms with Gasteiger partial charge in [-0.1, -0.05) is 12.1 Å². The Morgan fingerprint density at radius 2 is 2.18 bits per heavy atom. The van der Waals surface area contributed by atoms with E-state index in [1.165, 1.54) is 0 Å². The molecule has 1 heterocycles. The number of anilines is 2. The first-order valence-corrected chi connectivity index (χ1v) is 5.52. The fourth-order valence-electron chi connectivity index (χ4n) is 1.92. The van der Waals surface area contributed by atoms with Gasteiger partial charge in [0, 0.05) is 13.0 Å². The molecule has 1 aromatic rings. The largest absolute Gasteiger partial charge is 0.481 e. The van der Waals surface area contributed by atoms with Crippen molar-refractivity contribution in [3.05, 3.63) is 24.3 Å². The summed E-state index contributed by atoms with van der Waals surface area (Å²) in [6.07, 6.45) is 0.664. The second-order valence-electron chi connectivity index (χ2n) is 3.98. The minimum Gasteiger partial charge on any atom is -0.481 e. The maximum atomic E-state index is 11.5. The molecule has 1 aliphatic rings. The molecule has 1 amide bonds. The van der Waals surface area contributed by atoms with E-state index >= 15 is 0 Å². The van der Waals surface area contributed by atoms with Crippen molar-refractivity contribution in [1.82, 2.24) is 0 Å². The molecule has 1 aromatic carbocycles. The average molecular weight is 234 g/mol. The van der Waals surface area contributed by atoms with E-state index in [0.29, 0.717) is 13.0 Å². The lowest BCUT2D eigenvalue weighted by molar-refractivity contribution is -0.137. The van der Waals surface area contributed by atoms with Gasteiger partial charge in [0.05, 0.1) is 17.9 Å². The number of benzene rings is 1. The van der Waals surface area contributed by atoms with Gasteiger partial charge in [-0.05, 0) is 18.6 Å². The Bertz CT molecular complexity index is 445. The van der Waals surface area contributed by atoms with Crippen LogP contribution in [0, 0.1) is 0 Å². The molecule has 2 rings (SSSR count). The Balaban J connectivity index is 2.07. The van der Waals surface area contributed by atoms with Gasteiger partial charge in [-0.3, -0.25) is 9.59 Å². The molecule has 0 radical (unpaired) electrons. The first-order chi connectivity index (χ1) is 8.16. The summed E-state index contributed by atoms with van der Waals surface area (Å²) in [5.74, 6) is -0.862. The number of amides is 1. The highest BCUT2D eigenvalue weighted by Crippen LogP contribution is 2.28. The predicted octanol–water partition coefficient (Wildman–Crippen LogP) is 1.31. The molecule has 90 valence electrons. The Morgan fingerprint density at radius 3 is 2.94 bits per heavy atom. The molecule has 0 aromatic heterocycles. The van der Waals surface area contributed by atoms with Crippen LogP contribution in [0.5, 0.6) is 0 Å². The van der Waals surface area contributed by atoms with Gasteiger partial charge >= 0.3 is 5.97 Å². The Labute approximate surface area is 99.0 Å². The Kier molecular flexibility index (Phi) is 3.27. The number of carbonyl (C=O) groups is 2. The molecule has 0 spiro atoms. The van der Waals surface area contributed by atoms with Crippen molar-refractivity contribution in [3.63, 3.8) is 0 Å². The lowest BCUT2D eigenvalue weighted by atomic mass is 10.1. The molecule has 1 aliphatic heterocycles. The highest BCUT2D eigenvalue weighted by molar-refractivity contribution is 6.01. The SMILES string of the molecule is O=C(O)CCCN1CC(=O)Nc2ccccc21. The lowest BCUT2D eigenvalue weighted by Crippen LogP contribution is -2.38. The molecule has 2 N–H and O–H groups in total. The number of para-hydroxylation sites is 2. The minimum absolute atomic E-state index is 0.0565. The van der Waals surface area contributed by atoms with Gasteiger partial charge in [0.2, 0.25) is 5.91 Å². The summed E-state index contributed by atoms with van der Waals surface area (Å²) in [6.45, 7) is 0.868. The molecule has 0 fully saturated rings. The van der Waals surface area contributed by atoms with Crippen LogP contribution in [-0.4, -0.2) is 30.1 Å². The molecular formula is C12H14N2O3. The first-order valence-electron chi connectivity index (χ1n) is 5.52. The van der Waals surface area contributed by atoms with E-state index in [1.54, 1.807) is 0 Å². The zero-order chi connectivity index (χ0) is 12.3. The van der Waals surface area contributed by atoms with Gasteiger partial charge in [0.1, 0.15) is 0 Å². The topological polar surface area (TPSA) is 69.6 Å². The highest BCUT2D eigenvalue weighted by atomic mass is 16.4. The number of fused-ring (bicyclic) bond motifs is 1. The third-order valence-corrected chi connectivity index (χ3v) is 2.67. The van der Waals surface area contributed by atoms with Crippen molar-refractivity contribution < 1.29 is 14.7 Å². The van der Waals surface area contributed by atoms with Crippen LogP contribution in [0.1, 0.15) is 12.8 Å². The number of carboxylic acids is 1. The number of carboxylic acid groups (broad SMARTS) is 1. The molecule has 0 unspecified atom stereocenters. The molecular weight excluding hydrogens is 220 g/mol. The van der Waals surface area contributed by atoms with Crippen molar-refractivity contribution in [1.29, 1.82) is 0 Å². The Morgan fingerprint density at radius 1 is 1.41 bits per heavy atom. The second kappa shape index (κ2) is 4.86. The van der Waals surface area contributed by atoms with Crippen LogP contribution in [0.4, 0.5) is 11.4 Å². The van der Waals surface area contributed by atoms with E-state index in [0.717, 1.165) is 11.4 Å². The van der Waals surface area contributed by atoms with Crippen LogP contribution >= 0.6 is 0 Å². The summed E-state index contributed by atoms with van der Waals surface area (Å²) < 4.78 is 0. The number of rotatable bonds is 4. The van der Waals surface area contributed by atoms with Crippen LogP contribution in [0.3, 0.4) is 0 Å². The van der Waals surface area contributed by atoms with Crippen LogP contribution in [0.2, 0.25) is 0 Å². The highest BCUT2D eigenvalue weighted by Gasteiger charge is 2.20. The fraction of sp³-hybridized carbons (Fsp3) is 0.333. The maximum absolute atomic E-state index is 11.5. The monoisotopic (exact) mass is 234 g/mol. The quantitative estimate of drug-likeness (QED) is 0.824. The summed E-state index contributed by atoms with van der Waals surface area (Å²) in [5.41, 5.74) is 1.75. The van der Waals surface area contributed by atoms with E-state index in [2.05, 4.69) is 5.32 Å². The molecule has 0 saturated carbocycles. The summed E-state index contributed by atoms with van der Waals surface area (Å²) in [6, 6.07) is 7.53. The van der Waals surface area contributed by atoms with Crippen LogP contribution in [-0.2, 0) is 9.59 Å². The van der Waals surface area contributed by atoms with E-state index in [-0.39, 0.29) is 18.9 Å². The first kappa shape index (κ1) is 11.4. The lowest BCUT2D eigenvalue weighted by Gasteiger charge is -2.30. The van der Waals surface area contributed by atoms with Gasteiger partial charge in [-0.15, -0.1) is 0 Å². The van der Waals surface area contributed by atoms with Gasteiger partial charge in [-0.2, -0.15) is 0 Å². The smallest absolute Gasteiger partial charge is 0.303 e. The van der Waals surface area contributed by atoms with E-state index in [1.807, 2.05) is 29.2 Å². The molecule has 0 saturated heterocycles. The van der Waals surface area contributed by atoms with Crippen LogP contribution in [0.15, 0.2) is 24.3 Å². The summed E-state index contributed by atoms with van der Waals surface area (Å²) in [7, 11) is 0. The third-order valence-electron chi connectivity index (χ3n) is 2.67. The van der Waals surface area contributed by atoms with Crippen molar-refractivity contribution in [2.75, 3.05) is 23.3 Å². The summed E-state index contributed by atoms with van der Waals surface area (Å²) >= 11 is 0. The molecule has 5 heteroatoms. The summed E-state index contributed by atoms with van der Waals surface area (Å²) in [5, 5.41) is 11.4. The van der Waals surface area contributed by atoms with E-state index < -0.39 is 5.97 Å². The molecule has 0 bridgehead atoms. The van der Waals surface area contributed by atoms with Crippen molar-refractivity contribution >= 4 is 23.3 Å². The number of hydrogen-bond acceptors (Lipinski definition) is 3. The number of aliphatic carboxylic acids is 1. The zero-order valence-corrected chi connectivity index (χ0v) is 9.35. The second-order valence-corrected chi connectivity index (χ2v) is 3.98. The number of carbonyl (C=O) groups excluding carboxylic acids is 1. The van der Waals surface area contributed by atoms with E-state index in [9.17, 15) is 9.59 Å². The van der Waals surface area contributed by atoms with Gasteiger partial charge in [0.25, 0.3) is 0 Å². The number of nitrogens with zero attached hydrogens (tertiary/aromatic N) is 1. The van der Waals surface area contributed by atoms with E-state index in [4.69, 9.17) is 5.11 Å². The third kappa shape index (κ3) is 2.75. The molecule has 0 aliphatic carbocycles. The van der Waals surface area contributed by atoms with Crippen molar-refractivity contribution in [2.45, 2.75) is 12.8 Å². The van der Waals surface area contributed by atoms with Gasteiger partial charge in [-0.25, -0.2) is 0 Å². The Hall–Kier alpha value is -2.04. The van der Waals surface area contributed by atoms with Crippen molar-refractivity contribution in [3.8, 4) is 0 Å². The standard InChI is InChI=1S/C12H14N2O3/c15-11-8-14(7-3-6-12(16)17)10-5-2-1-4-9(10)13-11/h1-2,4-5H,3,6-8H2,(H,13,15)(H,16,17). The van der Waals surface area contributed by atoms with Crippen LogP contribution < -0.4 is 10.2 Å². The minimum atomic E-state index is -0.806. The normalized spacial score (nSPS) is 14.1. The fourth-order valence-corrected chi connectivity index (χ4v) is 1.92. The molecule has 17 heavy (non-hydrogen) atoms. The average Bonchev–Trinajstić information content (AvgIpc) is 2.28. The van der Waals surface area contributed by atoms with Crippen molar-refractivity contribution in [2.24, 2.45) is 0 Å². The van der Waals surface area contributed by atoms with Gasteiger partial charge < -0.3 is 15.3 Å². The zero-order valence-electron chi connectivity index (χ0n) is 9.35. The molecule has 0 atom stereocenters. The molecule has 5 nitrogen and oxygen atoms in total. The predicted molar refractivity (Wildman–Crippen MR) is 64.2 cm³/mol. The summed E-state index contributed by atoms with van der Waals surface area (Å²) in [4.78, 5) is 23.8.